The maximum Gasteiger partial charge on any atom is 0.328 e. The molecule has 1 fully saturated rings. The van der Waals surface area contributed by atoms with Crippen molar-refractivity contribution in [3.05, 3.63) is 59.4 Å². The highest BCUT2D eigenvalue weighted by Gasteiger charge is 2.22. The van der Waals surface area contributed by atoms with Crippen LogP contribution in [-0.2, 0) is 35.9 Å². The van der Waals surface area contributed by atoms with Crippen molar-refractivity contribution in [1.29, 1.82) is 0 Å². The number of imidazole rings is 2. The number of aromatic nitrogens is 4. The van der Waals surface area contributed by atoms with Gasteiger partial charge in [0.05, 0.1) is 29.7 Å². The van der Waals surface area contributed by atoms with Gasteiger partial charge in [-0.15, -0.1) is 0 Å². The first-order valence-corrected chi connectivity index (χ1v) is 13.4. The number of rotatable bonds is 8. The zero-order valence-electron chi connectivity index (χ0n) is 20.9. The Hall–Kier alpha value is -3.77. The van der Waals surface area contributed by atoms with E-state index < -0.39 is 10.0 Å². The lowest BCUT2D eigenvalue weighted by molar-refractivity contribution is 0.0497. The van der Waals surface area contributed by atoms with Crippen LogP contribution in [-0.4, -0.2) is 46.9 Å². The molecule has 1 N–H and O–H groups in total. The van der Waals surface area contributed by atoms with E-state index >= 15 is 0 Å². The quantitative estimate of drug-likeness (QED) is 0.374. The smallest absolute Gasteiger partial charge is 0.328 e. The van der Waals surface area contributed by atoms with Crippen LogP contribution >= 0.6 is 0 Å². The van der Waals surface area contributed by atoms with Crippen molar-refractivity contribution < 1.29 is 22.6 Å². The van der Waals surface area contributed by atoms with Gasteiger partial charge < -0.3 is 18.8 Å². The number of benzene rings is 2. The molecule has 0 spiro atoms. The summed E-state index contributed by atoms with van der Waals surface area (Å²) in [6, 6.07) is 10.4. The van der Waals surface area contributed by atoms with Gasteiger partial charge in [-0.2, -0.15) is 8.42 Å². The zero-order valence-corrected chi connectivity index (χ0v) is 21.7. The molecule has 0 unspecified atom stereocenters. The molecule has 0 atom stereocenters. The van der Waals surface area contributed by atoms with E-state index in [1.54, 1.807) is 50.0 Å². The summed E-state index contributed by atoms with van der Waals surface area (Å²) in [5.41, 5.74) is 1.07. The molecule has 0 radical (unpaired) electrons. The molecular weight excluding hydrogens is 498 g/mol. The first-order chi connectivity index (χ1) is 17.7. The number of hydrogen-bond acceptors (Lipinski definition) is 7. The lowest BCUT2D eigenvalue weighted by Crippen LogP contribution is -2.21. The molecule has 37 heavy (non-hydrogen) atoms. The predicted molar refractivity (Wildman–Crippen MR) is 138 cm³/mol. The van der Waals surface area contributed by atoms with Crippen LogP contribution in [0.4, 0.5) is 5.69 Å². The SMILES string of the molecule is Cn1cnc(S(=O)(=O)Nc2cc3c(cc2Oc2cccc(OCC4CCOCC4)c2)n(C)c(=O)n3C)c1. The highest BCUT2D eigenvalue weighted by atomic mass is 32.2. The zero-order chi connectivity index (χ0) is 26.2. The lowest BCUT2D eigenvalue weighted by Gasteiger charge is -2.22. The molecule has 196 valence electrons. The van der Waals surface area contributed by atoms with Crippen LogP contribution in [0.25, 0.3) is 11.0 Å². The van der Waals surface area contributed by atoms with Crippen molar-refractivity contribution in [3.8, 4) is 17.2 Å². The molecule has 4 aromatic rings. The Labute approximate surface area is 214 Å². The summed E-state index contributed by atoms with van der Waals surface area (Å²) in [4.78, 5) is 16.5. The van der Waals surface area contributed by atoms with Crippen LogP contribution in [0.2, 0.25) is 0 Å². The molecule has 1 saturated heterocycles. The lowest BCUT2D eigenvalue weighted by atomic mass is 10.0. The summed E-state index contributed by atoms with van der Waals surface area (Å²) >= 11 is 0. The minimum Gasteiger partial charge on any atom is -0.493 e. The van der Waals surface area contributed by atoms with Crippen LogP contribution in [0.1, 0.15) is 12.8 Å². The molecule has 0 amide bonds. The molecule has 2 aromatic heterocycles. The average molecular weight is 528 g/mol. The molecule has 12 heteroatoms. The van der Waals surface area contributed by atoms with E-state index in [0.717, 1.165) is 26.1 Å². The summed E-state index contributed by atoms with van der Waals surface area (Å²) in [6.07, 6.45) is 4.73. The van der Waals surface area contributed by atoms with Crippen molar-refractivity contribution in [2.75, 3.05) is 24.5 Å². The number of ether oxygens (including phenoxy) is 3. The number of aryl methyl sites for hydroxylation is 3. The fourth-order valence-electron chi connectivity index (χ4n) is 4.30. The van der Waals surface area contributed by atoms with Crippen molar-refractivity contribution in [3.63, 3.8) is 0 Å². The Kier molecular flexibility index (Phi) is 6.69. The summed E-state index contributed by atoms with van der Waals surface area (Å²) < 4.78 is 50.7. The standard InChI is InChI=1S/C25H29N5O6S/c1-28-14-24(26-16-28)37(32,33)27-20-12-21-22(30(3)25(31)29(21)2)13-23(20)36-19-6-4-5-18(11-19)35-15-17-7-9-34-10-8-17/h4-6,11-14,16-17,27H,7-10,15H2,1-3H3. The van der Waals surface area contributed by atoms with Gasteiger partial charge in [-0.1, -0.05) is 6.07 Å². The Morgan fingerprint density at radius 3 is 2.46 bits per heavy atom. The molecule has 0 aliphatic carbocycles. The van der Waals surface area contributed by atoms with Crippen molar-refractivity contribution in [1.82, 2.24) is 18.7 Å². The van der Waals surface area contributed by atoms with E-state index in [4.69, 9.17) is 14.2 Å². The third kappa shape index (κ3) is 5.20. The van der Waals surface area contributed by atoms with Gasteiger partial charge in [0.1, 0.15) is 11.5 Å². The van der Waals surface area contributed by atoms with Gasteiger partial charge in [-0.25, -0.2) is 9.78 Å². The van der Waals surface area contributed by atoms with E-state index in [-0.39, 0.29) is 22.2 Å². The summed E-state index contributed by atoms with van der Waals surface area (Å²) in [5, 5.41) is -0.133. The Morgan fingerprint density at radius 2 is 1.76 bits per heavy atom. The van der Waals surface area contributed by atoms with E-state index in [2.05, 4.69) is 9.71 Å². The third-order valence-corrected chi connectivity index (χ3v) is 7.68. The maximum atomic E-state index is 13.1. The molecule has 0 saturated carbocycles. The molecule has 2 aromatic carbocycles. The van der Waals surface area contributed by atoms with Gasteiger partial charge in [0.2, 0.25) is 0 Å². The summed E-state index contributed by atoms with van der Waals surface area (Å²) in [7, 11) is 0.948. The van der Waals surface area contributed by atoms with Gasteiger partial charge >= 0.3 is 5.69 Å². The highest BCUT2D eigenvalue weighted by molar-refractivity contribution is 7.92. The van der Waals surface area contributed by atoms with Gasteiger partial charge in [0.25, 0.3) is 10.0 Å². The van der Waals surface area contributed by atoms with Crippen molar-refractivity contribution in [2.45, 2.75) is 17.9 Å². The normalized spacial score (nSPS) is 14.7. The Morgan fingerprint density at radius 1 is 1.05 bits per heavy atom. The van der Waals surface area contributed by atoms with E-state index in [1.807, 2.05) is 12.1 Å². The summed E-state index contributed by atoms with van der Waals surface area (Å²) in [6.45, 7) is 2.08. The Balaban J connectivity index is 1.47. The minimum atomic E-state index is -4.01. The first kappa shape index (κ1) is 24.9. The largest absolute Gasteiger partial charge is 0.493 e. The molecular formula is C25H29N5O6S. The van der Waals surface area contributed by atoms with Crippen LogP contribution in [0.15, 0.2) is 58.7 Å². The molecule has 0 bridgehead atoms. The third-order valence-electron chi connectivity index (χ3n) is 6.43. The van der Waals surface area contributed by atoms with Crippen molar-refractivity contribution in [2.24, 2.45) is 27.1 Å². The number of nitrogens with zero attached hydrogens (tertiary/aromatic N) is 4. The molecule has 1 aliphatic rings. The number of fused-ring (bicyclic) bond motifs is 1. The van der Waals surface area contributed by atoms with E-state index in [0.29, 0.717) is 35.1 Å². The number of hydrogen-bond donors (Lipinski definition) is 1. The van der Waals surface area contributed by atoms with E-state index in [1.165, 1.54) is 21.7 Å². The van der Waals surface area contributed by atoms with Gasteiger partial charge in [-0.05, 0) is 37.0 Å². The fourth-order valence-corrected chi connectivity index (χ4v) is 5.34. The van der Waals surface area contributed by atoms with Gasteiger partial charge in [-0.3, -0.25) is 13.9 Å². The summed E-state index contributed by atoms with van der Waals surface area (Å²) in [5.74, 6) is 1.78. The van der Waals surface area contributed by atoms with Crippen LogP contribution in [0.5, 0.6) is 17.2 Å². The van der Waals surface area contributed by atoms with E-state index in [9.17, 15) is 13.2 Å². The first-order valence-electron chi connectivity index (χ1n) is 11.9. The average Bonchev–Trinajstić information content (AvgIpc) is 3.42. The highest BCUT2D eigenvalue weighted by Crippen LogP contribution is 2.36. The monoisotopic (exact) mass is 527 g/mol. The maximum absolute atomic E-state index is 13.1. The number of anilines is 1. The fraction of sp³-hybridized carbons (Fsp3) is 0.360. The molecule has 5 rings (SSSR count). The molecule has 3 heterocycles. The topological polar surface area (TPSA) is 119 Å². The second kappa shape index (κ2) is 9.94. The predicted octanol–water partition coefficient (Wildman–Crippen LogP) is 3.01. The second-order valence-electron chi connectivity index (χ2n) is 9.16. The van der Waals surface area contributed by atoms with Crippen LogP contribution < -0.4 is 19.9 Å². The van der Waals surface area contributed by atoms with Gasteiger partial charge in [0.15, 0.2) is 10.8 Å². The minimum absolute atomic E-state index is 0.133. The molecule has 11 nitrogen and oxygen atoms in total. The number of nitrogens with one attached hydrogen (secondary N) is 1. The van der Waals surface area contributed by atoms with Crippen LogP contribution in [0.3, 0.4) is 0 Å². The van der Waals surface area contributed by atoms with Crippen LogP contribution in [0, 0.1) is 5.92 Å². The second-order valence-corrected chi connectivity index (χ2v) is 10.8. The van der Waals surface area contributed by atoms with Gasteiger partial charge in [0, 0.05) is 52.7 Å². The van der Waals surface area contributed by atoms with Crippen molar-refractivity contribution >= 4 is 26.7 Å². The molecule has 1 aliphatic heterocycles. The number of sulfonamides is 1. The Bertz CT molecular complexity index is 1600.